The number of nitrogens with zero attached hydrogens (tertiary/aromatic N) is 3. The van der Waals surface area contributed by atoms with E-state index in [1.807, 2.05) is 30.7 Å². The maximum atomic E-state index is 4.43. The van der Waals surface area contributed by atoms with Crippen molar-refractivity contribution in [3.63, 3.8) is 0 Å². The number of aromatic amines is 1. The van der Waals surface area contributed by atoms with Gasteiger partial charge in [-0.3, -0.25) is 0 Å². The molecular formula is C15H17N5. The molecule has 0 atom stereocenters. The van der Waals surface area contributed by atoms with E-state index in [1.165, 1.54) is 0 Å². The zero-order valence-electron chi connectivity index (χ0n) is 11.4. The fourth-order valence-corrected chi connectivity index (χ4v) is 2.17. The molecule has 5 heteroatoms. The topological polar surface area (TPSA) is 58.5 Å². The van der Waals surface area contributed by atoms with Crippen molar-refractivity contribution in [1.29, 1.82) is 0 Å². The molecule has 0 bridgehead atoms. The number of hydrogen-bond donors (Lipinski definition) is 2. The van der Waals surface area contributed by atoms with Crippen LogP contribution >= 0.6 is 0 Å². The third kappa shape index (κ3) is 2.56. The Hall–Kier alpha value is -2.56. The van der Waals surface area contributed by atoms with Gasteiger partial charge in [0.25, 0.3) is 0 Å². The standard InChI is InChI=1S/C15H17N5/c1-2-20-9-8-18-15(20)12-4-3-5-13(10-12)19-11-14-16-6-7-17-14/h3-10,19H,2,11H2,1H3,(H,16,17). The van der Waals surface area contributed by atoms with Crippen LogP contribution in [0.15, 0.2) is 49.1 Å². The van der Waals surface area contributed by atoms with Gasteiger partial charge in [0.2, 0.25) is 0 Å². The number of imidazole rings is 2. The summed E-state index contributed by atoms with van der Waals surface area (Å²) in [5.74, 6) is 1.92. The van der Waals surface area contributed by atoms with Crippen LogP contribution in [0.1, 0.15) is 12.7 Å². The third-order valence-electron chi connectivity index (χ3n) is 3.19. The first-order valence-electron chi connectivity index (χ1n) is 6.70. The summed E-state index contributed by atoms with van der Waals surface area (Å²) in [6, 6.07) is 8.27. The summed E-state index contributed by atoms with van der Waals surface area (Å²) in [6.07, 6.45) is 7.41. The molecule has 0 radical (unpaired) electrons. The molecule has 0 fully saturated rings. The minimum atomic E-state index is 0.679. The number of anilines is 1. The largest absolute Gasteiger partial charge is 0.378 e. The molecule has 0 aliphatic heterocycles. The average molecular weight is 267 g/mol. The highest BCUT2D eigenvalue weighted by Crippen LogP contribution is 2.21. The van der Waals surface area contributed by atoms with Gasteiger partial charge in [-0.15, -0.1) is 0 Å². The maximum absolute atomic E-state index is 4.43. The van der Waals surface area contributed by atoms with Crippen molar-refractivity contribution in [3.05, 3.63) is 54.9 Å². The van der Waals surface area contributed by atoms with Crippen molar-refractivity contribution in [3.8, 4) is 11.4 Å². The first-order valence-corrected chi connectivity index (χ1v) is 6.70. The Morgan fingerprint density at radius 3 is 3.00 bits per heavy atom. The van der Waals surface area contributed by atoms with Gasteiger partial charge in [-0.05, 0) is 19.1 Å². The van der Waals surface area contributed by atoms with E-state index < -0.39 is 0 Å². The van der Waals surface area contributed by atoms with Crippen LogP contribution in [-0.2, 0) is 13.1 Å². The molecule has 3 rings (SSSR count). The van der Waals surface area contributed by atoms with E-state index in [-0.39, 0.29) is 0 Å². The highest BCUT2D eigenvalue weighted by Gasteiger charge is 2.05. The number of H-pyrrole nitrogens is 1. The van der Waals surface area contributed by atoms with Crippen LogP contribution in [0.3, 0.4) is 0 Å². The number of benzene rings is 1. The van der Waals surface area contributed by atoms with Crippen LogP contribution in [0.5, 0.6) is 0 Å². The quantitative estimate of drug-likeness (QED) is 0.747. The summed E-state index contributed by atoms with van der Waals surface area (Å²) in [4.78, 5) is 11.7. The second-order valence-corrected chi connectivity index (χ2v) is 4.51. The minimum absolute atomic E-state index is 0.679. The Morgan fingerprint density at radius 1 is 1.25 bits per heavy atom. The lowest BCUT2D eigenvalue weighted by molar-refractivity contribution is 0.771. The lowest BCUT2D eigenvalue weighted by atomic mass is 10.2. The Kier molecular flexibility index (Phi) is 3.50. The highest BCUT2D eigenvalue weighted by atomic mass is 15.1. The molecule has 0 spiro atoms. The van der Waals surface area contributed by atoms with E-state index in [9.17, 15) is 0 Å². The summed E-state index contributed by atoms with van der Waals surface area (Å²) >= 11 is 0. The molecule has 102 valence electrons. The molecule has 0 unspecified atom stereocenters. The average Bonchev–Trinajstić information content (AvgIpc) is 3.16. The van der Waals surface area contributed by atoms with E-state index >= 15 is 0 Å². The van der Waals surface area contributed by atoms with Gasteiger partial charge in [-0.1, -0.05) is 12.1 Å². The van der Waals surface area contributed by atoms with E-state index in [1.54, 1.807) is 6.20 Å². The Bertz CT molecular complexity index is 669. The first-order chi connectivity index (χ1) is 9.86. The monoisotopic (exact) mass is 267 g/mol. The summed E-state index contributed by atoms with van der Waals surface area (Å²) in [5, 5.41) is 3.36. The van der Waals surface area contributed by atoms with Gasteiger partial charge in [-0.2, -0.15) is 0 Å². The van der Waals surface area contributed by atoms with E-state index in [2.05, 4.69) is 43.9 Å². The molecule has 5 nitrogen and oxygen atoms in total. The van der Waals surface area contributed by atoms with Crippen molar-refractivity contribution in [2.24, 2.45) is 0 Å². The molecule has 1 aromatic carbocycles. The molecule has 20 heavy (non-hydrogen) atoms. The predicted octanol–water partition coefficient (Wildman–Crippen LogP) is 2.91. The summed E-state index contributed by atoms with van der Waals surface area (Å²) in [6.45, 7) is 3.71. The Labute approximate surface area is 117 Å². The van der Waals surface area contributed by atoms with Gasteiger partial charge in [0.15, 0.2) is 0 Å². The van der Waals surface area contributed by atoms with Crippen molar-refractivity contribution in [1.82, 2.24) is 19.5 Å². The van der Waals surface area contributed by atoms with Gasteiger partial charge >= 0.3 is 0 Å². The summed E-state index contributed by atoms with van der Waals surface area (Å²) in [7, 11) is 0. The normalized spacial score (nSPS) is 10.7. The Balaban J connectivity index is 1.79. The van der Waals surface area contributed by atoms with Crippen LogP contribution in [0.2, 0.25) is 0 Å². The number of aryl methyl sites for hydroxylation is 1. The molecule has 2 N–H and O–H groups in total. The maximum Gasteiger partial charge on any atom is 0.139 e. The zero-order valence-corrected chi connectivity index (χ0v) is 11.4. The number of rotatable bonds is 5. The van der Waals surface area contributed by atoms with Gasteiger partial charge in [0, 0.05) is 42.6 Å². The van der Waals surface area contributed by atoms with Crippen LogP contribution in [0.4, 0.5) is 5.69 Å². The molecule has 0 amide bonds. The molecule has 0 saturated carbocycles. The van der Waals surface area contributed by atoms with Gasteiger partial charge in [0.1, 0.15) is 11.6 Å². The molecule has 0 saturated heterocycles. The van der Waals surface area contributed by atoms with Crippen molar-refractivity contribution in [2.45, 2.75) is 20.0 Å². The fraction of sp³-hybridized carbons (Fsp3) is 0.200. The van der Waals surface area contributed by atoms with Crippen LogP contribution in [0.25, 0.3) is 11.4 Å². The van der Waals surface area contributed by atoms with Crippen molar-refractivity contribution < 1.29 is 0 Å². The summed E-state index contributed by atoms with van der Waals surface area (Å²) < 4.78 is 2.13. The van der Waals surface area contributed by atoms with Crippen molar-refractivity contribution in [2.75, 3.05) is 5.32 Å². The minimum Gasteiger partial charge on any atom is -0.378 e. The smallest absolute Gasteiger partial charge is 0.139 e. The second kappa shape index (κ2) is 5.61. The third-order valence-corrected chi connectivity index (χ3v) is 3.19. The van der Waals surface area contributed by atoms with Gasteiger partial charge in [0.05, 0.1) is 6.54 Å². The van der Waals surface area contributed by atoms with Gasteiger partial charge < -0.3 is 14.9 Å². The van der Waals surface area contributed by atoms with Crippen LogP contribution < -0.4 is 5.32 Å². The molecule has 0 aliphatic carbocycles. The van der Waals surface area contributed by atoms with Gasteiger partial charge in [-0.25, -0.2) is 9.97 Å². The molecule has 2 heterocycles. The molecule has 2 aromatic heterocycles. The lowest BCUT2D eigenvalue weighted by Gasteiger charge is -2.08. The molecule has 0 aliphatic rings. The first kappa shape index (κ1) is 12.5. The van der Waals surface area contributed by atoms with Crippen molar-refractivity contribution >= 4 is 5.69 Å². The number of hydrogen-bond acceptors (Lipinski definition) is 3. The number of nitrogens with one attached hydrogen (secondary N) is 2. The lowest BCUT2D eigenvalue weighted by Crippen LogP contribution is -2.02. The van der Waals surface area contributed by atoms with Crippen LogP contribution in [-0.4, -0.2) is 19.5 Å². The SMILES string of the molecule is CCn1ccnc1-c1cccc(NCc2ncc[nH]2)c1. The summed E-state index contributed by atoms with van der Waals surface area (Å²) in [5.41, 5.74) is 2.17. The van der Waals surface area contributed by atoms with Crippen LogP contribution in [0, 0.1) is 0 Å². The van der Waals surface area contributed by atoms with E-state index in [0.717, 1.165) is 29.4 Å². The van der Waals surface area contributed by atoms with E-state index in [4.69, 9.17) is 0 Å². The predicted molar refractivity (Wildman–Crippen MR) is 79.3 cm³/mol. The zero-order chi connectivity index (χ0) is 13.8. The number of aromatic nitrogens is 4. The highest BCUT2D eigenvalue weighted by molar-refractivity contribution is 5.62. The van der Waals surface area contributed by atoms with E-state index in [0.29, 0.717) is 6.54 Å². The molecular weight excluding hydrogens is 250 g/mol. The fourth-order valence-electron chi connectivity index (χ4n) is 2.17. The second-order valence-electron chi connectivity index (χ2n) is 4.51. The molecule has 3 aromatic rings. The Morgan fingerprint density at radius 2 is 2.20 bits per heavy atom.